The van der Waals surface area contributed by atoms with Gasteiger partial charge in [0.25, 0.3) is 0 Å². The normalized spacial score (nSPS) is 14.2. The minimum Gasteiger partial charge on any atom is -0.394 e. The molecule has 49 heavy (non-hydrogen) atoms. The highest BCUT2D eigenvalue weighted by atomic mass is 16.3. The summed E-state index contributed by atoms with van der Waals surface area (Å²) in [4.78, 5) is 12.4. The van der Waals surface area contributed by atoms with Crippen LogP contribution in [0.2, 0.25) is 0 Å². The number of amides is 1. The maximum Gasteiger partial charge on any atom is 0.249 e. The summed E-state index contributed by atoms with van der Waals surface area (Å²) in [6.45, 7) is 3.98. The van der Waals surface area contributed by atoms with Gasteiger partial charge < -0.3 is 25.7 Å². The predicted octanol–water partition coefficient (Wildman–Crippen LogP) is 11.2. The molecule has 0 bridgehead atoms. The second kappa shape index (κ2) is 38.5. The summed E-state index contributed by atoms with van der Waals surface area (Å²) in [7, 11) is 0. The Morgan fingerprint density at radius 3 is 0.980 bits per heavy atom. The quantitative estimate of drug-likeness (QED) is 0.0409. The molecule has 6 nitrogen and oxygen atoms in total. The molecule has 1 amide bonds. The first-order valence-corrected chi connectivity index (χ1v) is 21.9. The van der Waals surface area contributed by atoms with E-state index < -0.39 is 36.9 Å². The molecule has 0 aromatic heterocycles. The van der Waals surface area contributed by atoms with E-state index >= 15 is 0 Å². The molecule has 0 aliphatic heterocycles. The molecule has 0 saturated heterocycles. The van der Waals surface area contributed by atoms with Crippen LogP contribution in [-0.2, 0) is 4.79 Å². The smallest absolute Gasteiger partial charge is 0.249 e. The van der Waals surface area contributed by atoms with Gasteiger partial charge in [0, 0.05) is 0 Å². The summed E-state index contributed by atoms with van der Waals surface area (Å²) in [6, 6.07) is -0.976. The molecule has 0 aromatic rings. The standard InChI is InChI=1S/C43H87NO5/c1-3-5-7-9-11-12-13-14-15-16-17-18-19-20-21-22-23-24-25-26-27-28-29-30-31-33-35-37-41(47)43(49)44-39(38-45)42(48)40(46)36-34-32-10-8-6-4-2/h39-42,45-48H,3-38H2,1-2H3,(H,44,49). The molecule has 0 aromatic carbocycles. The average molecular weight is 698 g/mol. The van der Waals surface area contributed by atoms with E-state index in [1.807, 2.05) is 0 Å². The molecule has 0 spiro atoms. The summed E-state index contributed by atoms with van der Waals surface area (Å²) < 4.78 is 0. The zero-order chi connectivity index (χ0) is 36.0. The Bertz CT molecular complexity index is 662. The molecule has 0 aliphatic carbocycles. The molecule has 0 heterocycles. The van der Waals surface area contributed by atoms with Crippen molar-refractivity contribution in [3.05, 3.63) is 0 Å². The lowest BCUT2D eigenvalue weighted by molar-refractivity contribution is -0.132. The third kappa shape index (κ3) is 32.9. The van der Waals surface area contributed by atoms with Crippen LogP contribution in [0.25, 0.3) is 0 Å². The predicted molar refractivity (Wildman–Crippen MR) is 210 cm³/mol. The lowest BCUT2D eigenvalue weighted by atomic mass is 9.99. The van der Waals surface area contributed by atoms with Crippen molar-refractivity contribution in [3.63, 3.8) is 0 Å². The number of hydrogen-bond donors (Lipinski definition) is 5. The van der Waals surface area contributed by atoms with Gasteiger partial charge in [0.1, 0.15) is 12.2 Å². The topological polar surface area (TPSA) is 110 Å². The molecule has 0 saturated carbocycles. The van der Waals surface area contributed by atoms with E-state index in [2.05, 4.69) is 19.2 Å². The van der Waals surface area contributed by atoms with E-state index in [1.165, 1.54) is 173 Å². The average Bonchev–Trinajstić information content (AvgIpc) is 3.11. The van der Waals surface area contributed by atoms with E-state index in [4.69, 9.17) is 0 Å². The van der Waals surface area contributed by atoms with Gasteiger partial charge in [-0.3, -0.25) is 4.79 Å². The van der Waals surface area contributed by atoms with E-state index in [9.17, 15) is 25.2 Å². The van der Waals surface area contributed by atoms with Crippen molar-refractivity contribution < 1.29 is 25.2 Å². The maximum atomic E-state index is 12.4. The number of hydrogen-bond acceptors (Lipinski definition) is 5. The molecule has 0 aliphatic rings. The van der Waals surface area contributed by atoms with Crippen LogP contribution < -0.4 is 5.32 Å². The third-order valence-corrected chi connectivity index (χ3v) is 10.6. The van der Waals surface area contributed by atoms with Crippen LogP contribution in [0.3, 0.4) is 0 Å². The molecule has 6 heteroatoms. The summed E-state index contributed by atoms with van der Waals surface area (Å²) in [5.74, 6) is -0.584. The lowest BCUT2D eigenvalue weighted by Crippen LogP contribution is -2.53. The monoisotopic (exact) mass is 698 g/mol. The number of carbonyl (C=O) groups excluding carboxylic acids is 1. The second-order valence-electron chi connectivity index (χ2n) is 15.4. The van der Waals surface area contributed by atoms with Gasteiger partial charge in [-0.25, -0.2) is 0 Å². The Labute approximate surface area is 305 Å². The first kappa shape index (κ1) is 48.3. The van der Waals surface area contributed by atoms with Crippen molar-refractivity contribution in [3.8, 4) is 0 Å². The number of unbranched alkanes of at least 4 members (excludes halogenated alkanes) is 31. The maximum absolute atomic E-state index is 12.4. The van der Waals surface area contributed by atoms with Gasteiger partial charge in [0.15, 0.2) is 0 Å². The van der Waals surface area contributed by atoms with Crippen LogP contribution in [0.15, 0.2) is 0 Å². The Morgan fingerprint density at radius 2 is 0.694 bits per heavy atom. The Hall–Kier alpha value is -0.690. The minimum absolute atomic E-state index is 0.375. The van der Waals surface area contributed by atoms with Crippen LogP contribution in [0.4, 0.5) is 0 Å². The highest BCUT2D eigenvalue weighted by Gasteiger charge is 2.28. The van der Waals surface area contributed by atoms with Crippen LogP contribution in [0.5, 0.6) is 0 Å². The van der Waals surface area contributed by atoms with Crippen LogP contribution >= 0.6 is 0 Å². The zero-order valence-corrected chi connectivity index (χ0v) is 33.0. The fourth-order valence-corrected chi connectivity index (χ4v) is 7.05. The van der Waals surface area contributed by atoms with Gasteiger partial charge in [0.05, 0.1) is 18.8 Å². The van der Waals surface area contributed by atoms with Gasteiger partial charge >= 0.3 is 0 Å². The largest absolute Gasteiger partial charge is 0.394 e. The van der Waals surface area contributed by atoms with Crippen molar-refractivity contribution in [2.24, 2.45) is 0 Å². The van der Waals surface area contributed by atoms with E-state index in [0.717, 1.165) is 38.5 Å². The zero-order valence-electron chi connectivity index (χ0n) is 33.0. The van der Waals surface area contributed by atoms with Crippen molar-refractivity contribution in [2.75, 3.05) is 6.61 Å². The SMILES string of the molecule is CCCCCCCCCCCCCCCCCCCCCCCCCCCCCC(O)C(=O)NC(CO)C(O)C(O)CCCCCCCC. The lowest BCUT2D eigenvalue weighted by Gasteiger charge is -2.27. The molecule has 294 valence electrons. The van der Waals surface area contributed by atoms with Gasteiger partial charge in [-0.15, -0.1) is 0 Å². The van der Waals surface area contributed by atoms with E-state index in [1.54, 1.807) is 0 Å². The molecular weight excluding hydrogens is 610 g/mol. The molecule has 0 rings (SSSR count). The number of aliphatic hydroxyl groups is 4. The molecule has 5 N–H and O–H groups in total. The number of rotatable bonds is 40. The number of aliphatic hydroxyl groups excluding tert-OH is 4. The first-order valence-electron chi connectivity index (χ1n) is 21.9. The molecule has 0 fully saturated rings. The fourth-order valence-electron chi connectivity index (χ4n) is 7.05. The summed E-state index contributed by atoms with van der Waals surface area (Å²) in [5, 5.41) is 43.2. The fraction of sp³-hybridized carbons (Fsp3) is 0.977. The van der Waals surface area contributed by atoms with Crippen molar-refractivity contribution in [2.45, 2.75) is 263 Å². The highest BCUT2D eigenvalue weighted by Crippen LogP contribution is 2.17. The number of carbonyl (C=O) groups is 1. The molecular formula is C43H87NO5. The molecule has 0 radical (unpaired) electrons. The first-order chi connectivity index (χ1) is 24.0. The van der Waals surface area contributed by atoms with Crippen LogP contribution in [-0.4, -0.2) is 57.3 Å². The van der Waals surface area contributed by atoms with Gasteiger partial charge in [-0.2, -0.15) is 0 Å². The van der Waals surface area contributed by atoms with Crippen LogP contribution in [0.1, 0.15) is 239 Å². The highest BCUT2D eigenvalue weighted by molar-refractivity contribution is 5.80. The van der Waals surface area contributed by atoms with Crippen molar-refractivity contribution >= 4 is 5.91 Å². The Morgan fingerprint density at radius 1 is 0.429 bits per heavy atom. The van der Waals surface area contributed by atoms with Crippen molar-refractivity contribution in [1.82, 2.24) is 5.32 Å². The van der Waals surface area contributed by atoms with E-state index in [-0.39, 0.29) is 0 Å². The third-order valence-electron chi connectivity index (χ3n) is 10.6. The summed E-state index contributed by atoms with van der Waals surface area (Å²) in [5.41, 5.74) is 0. The van der Waals surface area contributed by atoms with Gasteiger partial charge in [-0.05, 0) is 12.8 Å². The Balaban J connectivity index is 3.50. The molecule has 4 unspecified atom stereocenters. The minimum atomic E-state index is -1.25. The van der Waals surface area contributed by atoms with Gasteiger partial charge in [-0.1, -0.05) is 226 Å². The molecule has 4 atom stereocenters. The summed E-state index contributed by atoms with van der Waals surface area (Å²) >= 11 is 0. The van der Waals surface area contributed by atoms with E-state index in [0.29, 0.717) is 12.8 Å². The second-order valence-corrected chi connectivity index (χ2v) is 15.4. The summed E-state index contributed by atoms with van der Waals surface area (Å²) in [6.07, 6.45) is 40.4. The number of nitrogens with one attached hydrogen (secondary N) is 1. The van der Waals surface area contributed by atoms with Crippen LogP contribution in [0, 0.1) is 0 Å². The van der Waals surface area contributed by atoms with Crippen molar-refractivity contribution in [1.29, 1.82) is 0 Å². The van der Waals surface area contributed by atoms with Gasteiger partial charge in [0.2, 0.25) is 5.91 Å². The Kier molecular flexibility index (Phi) is 38.0.